The van der Waals surface area contributed by atoms with Crippen molar-refractivity contribution in [3.63, 3.8) is 0 Å². The van der Waals surface area contributed by atoms with Gasteiger partial charge in [0.25, 0.3) is 0 Å². The Morgan fingerprint density at radius 2 is 2.16 bits per heavy atom. The zero-order chi connectivity index (χ0) is 14.3. The summed E-state index contributed by atoms with van der Waals surface area (Å²) >= 11 is 0. The molecule has 104 valence electrons. The molecular formula is C14H20N2O3. The molecule has 5 nitrogen and oxygen atoms in total. The van der Waals surface area contributed by atoms with Crippen LogP contribution in [0.4, 0.5) is 0 Å². The average molecular weight is 264 g/mol. The first-order valence-corrected chi connectivity index (χ1v) is 5.97. The maximum absolute atomic E-state index is 11.2. The van der Waals surface area contributed by atoms with Crippen LogP contribution in [0.5, 0.6) is 11.5 Å². The number of ether oxygens (including phenoxy) is 2. The SMILES string of the molecule is C=CCc1cc(CNC(=O)CN)cc(OC)c1OC. The fourth-order valence-corrected chi connectivity index (χ4v) is 1.79. The van der Waals surface area contributed by atoms with Gasteiger partial charge < -0.3 is 20.5 Å². The van der Waals surface area contributed by atoms with Crippen LogP contribution in [0.3, 0.4) is 0 Å². The Labute approximate surface area is 113 Å². The van der Waals surface area contributed by atoms with Gasteiger partial charge in [0, 0.05) is 12.1 Å². The summed E-state index contributed by atoms with van der Waals surface area (Å²) in [5, 5.41) is 2.72. The van der Waals surface area contributed by atoms with E-state index in [1.165, 1.54) is 0 Å². The van der Waals surface area contributed by atoms with E-state index >= 15 is 0 Å². The number of allylic oxidation sites excluding steroid dienone is 1. The van der Waals surface area contributed by atoms with Crippen LogP contribution in [0, 0.1) is 0 Å². The highest BCUT2D eigenvalue weighted by Crippen LogP contribution is 2.33. The topological polar surface area (TPSA) is 73.6 Å². The fraction of sp³-hybridized carbons (Fsp3) is 0.357. The van der Waals surface area contributed by atoms with Gasteiger partial charge in [-0.3, -0.25) is 4.79 Å². The van der Waals surface area contributed by atoms with Crippen molar-refractivity contribution in [2.75, 3.05) is 20.8 Å². The summed E-state index contributed by atoms with van der Waals surface area (Å²) in [7, 11) is 3.18. The van der Waals surface area contributed by atoms with E-state index in [-0.39, 0.29) is 12.5 Å². The first-order chi connectivity index (χ1) is 9.15. The molecule has 0 spiro atoms. The van der Waals surface area contributed by atoms with Crippen molar-refractivity contribution in [3.05, 3.63) is 35.9 Å². The quantitative estimate of drug-likeness (QED) is 0.721. The van der Waals surface area contributed by atoms with Crippen LogP contribution < -0.4 is 20.5 Å². The zero-order valence-corrected chi connectivity index (χ0v) is 11.4. The smallest absolute Gasteiger partial charge is 0.234 e. The van der Waals surface area contributed by atoms with Crippen molar-refractivity contribution >= 4 is 5.91 Å². The minimum Gasteiger partial charge on any atom is -0.493 e. The molecule has 0 fully saturated rings. The van der Waals surface area contributed by atoms with Crippen LogP contribution in [0.15, 0.2) is 24.8 Å². The van der Waals surface area contributed by atoms with E-state index in [0.717, 1.165) is 11.1 Å². The van der Waals surface area contributed by atoms with E-state index in [1.54, 1.807) is 20.3 Å². The Morgan fingerprint density at radius 1 is 1.42 bits per heavy atom. The minimum absolute atomic E-state index is 0.0210. The maximum Gasteiger partial charge on any atom is 0.234 e. The minimum atomic E-state index is -0.194. The molecule has 1 rings (SSSR count). The Bertz CT molecular complexity index is 458. The second-order valence-electron chi connectivity index (χ2n) is 3.96. The van der Waals surface area contributed by atoms with Gasteiger partial charge in [0.15, 0.2) is 11.5 Å². The molecule has 1 amide bonds. The zero-order valence-electron chi connectivity index (χ0n) is 11.4. The second kappa shape index (κ2) is 7.43. The molecule has 0 saturated carbocycles. The van der Waals surface area contributed by atoms with Gasteiger partial charge in [0.05, 0.1) is 20.8 Å². The molecule has 19 heavy (non-hydrogen) atoms. The van der Waals surface area contributed by atoms with Gasteiger partial charge in [-0.2, -0.15) is 0 Å². The third-order valence-electron chi connectivity index (χ3n) is 2.65. The molecule has 0 aliphatic rings. The second-order valence-corrected chi connectivity index (χ2v) is 3.96. The van der Waals surface area contributed by atoms with E-state index < -0.39 is 0 Å². The molecule has 1 aromatic rings. The van der Waals surface area contributed by atoms with Crippen molar-refractivity contribution in [1.29, 1.82) is 0 Å². The van der Waals surface area contributed by atoms with Crippen molar-refractivity contribution in [2.45, 2.75) is 13.0 Å². The lowest BCUT2D eigenvalue weighted by Gasteiger charge is -2.14. The van der Waals surface area contributed by atoms with Crippen LogP contribution in [0.1, 0.15) is 11.1 Å². The van der Waals surface area contributed by atoms with Crippen LogP contribution in [-0.4, -0.2) is 26.7 Å². The predicted molar refractivity (Wildman–Crippen MR) is 74.3 cm³/mol. The van der Waals surface area contributed by atoms with Crippen molar-refractivity contribution in [2.24, 2.45) is 5.73 Å². The molecule has 0 aliphatic heterocycles. The molecule has 0 saturated heterocycles. The standard InChI is InChI=1S/C14H20N2O3/c1-4-5-11-6-10(9-16-13(17)8-15)7-12(18-2)14(11)19-3/h4,6-7H,1,5,8-9,15H2,2-3H3,(H,16,17). The highest BCUT2D eigenvalue weighted by molar-refractivity contribution is 5.77. The number of hydrogen-bond donors (Lipinski definition) is 2. The molecule has 0 bridgehead atoms. The van der Waals surface area contributed by atoms with Crippen LogP contribution in [0.2, 0.25) is 0 Å². The Balaban J connectivity index is 3.02. The van der Waals surface area contributed by atoms with Gasteiger partial charge in [0.1, 0.15) is 0 Å². The predicted octanol–water partition coefficient (Wildman–Crippen LogP) is 1.01. The monoisotopic (exact) mass is 264 g/mol. The van der Waals surface area contributed by atoms with Crippen LogP contribution in [-0.2, 0) is 17.8 Å². The normalized spacial score (nSPS) is 9.84. The van der Waals surface area contributed by atoms with Crippen molar-refractivity contribution in [1.82, 2.24) is 5.32 Å². The highest BCUT2D eigenvalue weighted by atomic mass is 16.5. The number of methoxy groups -OCH3 is 2. The third-order valence-corrected chi connectivity index (χ3v) is 2.65. The number of carbonyl (C=O) groups excluding carboxylic acids is 1. The largest absolute Gasteiger partial charge is 0.493 e. The molecule has 0 aromatic heterocycles. The molecule has 0 radical (unpaired) electrons. The fourth-order valence-electron chi connectivity index (χ4n) is 1.79. The first-order valence-electron chi connectivity index (χ1n) is 5.97. The van der Waals surface area contributed by atoms with E-state index in [9.17, 15) is 4.79 Å². The van der Waals surface area contributed by atoms with Gasteiger partial charge in [0.2, 0.25) is 5.91 Å². The van der Waals surface area contributed by atoms with E-state index in [2.05, 4.69) is 11.9 Å². The van der Waals surface area contributed by atoms with Gasteiger partial charge >= 0.3 is 0 Å². The molecule has 1 aromatic carbocycles. The Hall–Kier alpha value is -2.01. The number of rotatable bonds is 7. The molecule has 0 heterocycles. The number of nitrogens with one attached hydrogen (secondary N) is 1. The summed E-state index contributed by atoms with van der Waals surface area (Å²) in [4.78, 5) is 11.2. The lowest BCUT2D eigenvalue weighted by molar-refractivity contribution is -0.119. The summed E-state index contributed by atoms with van der Waals surface area (Å²) < 4.78 is 10.6. The van der Waals surface area contributed by atoms with Crippen LogP contribution >= 0.6 is 0 Å². The Kier molecular flexibility index (Phi) is 5.89. The third kappa shape index (κ3) is 3.99. The summed E-state index contributed by atoms with van der Waals surface area (Å²) in [6.45, 7) is 4.10. The van der Waals surface area contributed by atoms with E-state index in [4.69, 9.17) is 15.2 Å². The number of nitrogens with two attached hydrogens (primary N) is 1. The lowest BCUT2D eigenvalue weighted by atomic mass is 10.1. The summed E-state index contributed by atoms with van der Waals surface area (Å²) in [5.41, 5.74) is 7.14. The molecule has 0 atom stereocenters. The van der Waals surface area contributed by atoms with E-state index in [1.807, 2.05) is 12.1 Å². The van der Waals surface area contributed by atoms with Gasteiger partial charge in [-0.1, -0.05) is 6.08 Å². The molecular weight excluding hydrogens is 244 g/mol. The maximum atomic E-state index is 11.2. The van der Waals surface area contributed by atoms with E-state index in [0.29, 0.717) is 24.5 Å². The molecule has 3 N–H and O–H groups in total. The first kappa shape index (κ1) is 15.0. The molecule has 5 heteroatoms. The van der Waals surface area contributed by atoms with Gasteiger partial charge in [-0.15, -0.1) is 6.58 Å². The number of carbonyl (C=O) groups is 1. The lowest BCUT2D eigenvalue weighted by Crippen LogP contribution is -2.29. The number of benzene rings is 1. The Morgan fingerprint density at radius 3 is 2.68 bits per heavy atom. The van der Waals surface area contributed by atoms with Crippen molar-refractivity contribution < 1.29 is 14.3 Å². The number of amides is 1. The summed E-state index contributed by atoms with van der Waals surface area (Å²) in [6, 6.07) is 3.79. The molecule has 0 aliphatic carbocycles. The summed E-state index contributed by atoms with van der Waals surface area (Å²) in [6.07, 6.45) is 2.46. The van der Waals surface area contributed by atoms with Crippen LogP contribution in [0.25, 0.3) is 0 Å². The molecule has 0 unspecified atom stereocenters. The van der Waals surface area contributed by atoms with Gasteiger partial charge in [-0.05, 0) is 24.1 Å². The van der Waals surface area contributed by atoms with Crippen molar-refractivity contribution in [3.8, 4) is 11.5 Å². The highest BCUT2D eigenvalue weighted by Gasteiger charge is 2.11. The summed E-state index contributed by atoms with van der Waals surface area (Å²) in [5.74, 6) is 1.13. The van der Waals surface area contributed by atoms with Gasteiger partial charge in [-0.25, -0.2) is 0 Å². The average Bonchev–Trinajstić information content (AvgIpc) is 2.44. The number of hydrogen-bond acceptors (Lipinski definition) is 4.